The van der Waals surface area contributed by atoms with Crippen molar-refractivity contribution in [3.05, 3.63) is 48.9 Å². The summed E-state index contributed by atoms with van der Waals surface area (Å²) >= 11 is 0. The number of aromatic nitrogens is 4. The molecule has 19 heavy (non-hydrogen) atoms. The second kappa shape index (κ2) is 4.84. The Labute approximate surface area is 104 Å². The van der Waals surface area contributed by atoms with Gasteiger partial charge in [0.1, 0.15) is 6.54 Å². The van der Waals surface area contributed by atoms with Gasteiger partial charge in [0, 0.05) is 6.42 Å². The summed E-state index contributed by atoms with van der Waals surface area (Å²) in [7, 11) is 0. The van der Waals surface area contributed by atoms with Gasteiger partial charge >= 0.3 is 16.9 Å². The molecular formula is C9H9N5O5. The quantitative estimate of drug-likeness (QED) is 0.578. The number of rotatable bonds is 4. The van der Waals surface area contributed by atoms with Crippen LogP contribution in [0.2, 0.25) is 0 Å². The molecule has 0 fully saturated rings. The fraction of sp³-hybridized carbons (Fsp3) is 0.333. The van der Waals surface area contributed by atoms with E-state index in [0.717, 1.165) is 10.8 Å². The van der Waals surface area contributed by atoms with Gasteiger partial charge in [0.25, 0.3) is 0 Å². The molecule has 0 aliphatic heterocycles. The standard InChI is InChI=1S/C9H9N5O5/c1-2-6-11-12-7(19-6)4-13-3-5(14(17)18)8(15)10-9(13)16/h3H,2,4H2,1H3,(H,10,15,16). The third kappa shape index (κ3) is 2.56. The Morgan fingerprint density at radius 2 is 2.11 bits per heavy atom. The lowest BCUT2D eigenvalue weighted by molar-refractivity contribution is -0.386. The number of hydrogen-bond acceptors (Lipinski definition) is 7. The number of hydrogen-bond donors (Lipinski definition) is 1. The van der Waals surface area contributed by atoms with E-state index in [9.17, 15) is 19.7 Å². The molecule has 0 aromatic carbocycles. The normalized spacial score (nSPS) is 10.6. The third-order valence-corrected chi connectivity index (χ3v) is 2.31. The molecule has 1 N–H and O–H groups in total. The van der Waals surface area contributed by atoms with Gasteiger partial charge in [-0.3, -0.25) is 24.5 Å². The lowest BCUT2D eigenvalue weighted by atomic mass is 10.5. The molecule has 0 saturated heterocycles. The largest absolute Gasteiger partial charge is 0.423 e. The van der Waals surface area contributed by atoms with Gasteiger partial charge in [0.2, 0.25) is 11.8 Å². The first-order valence-corrected chi connectivity index (χ1v) is 5.30. The highest BCUT2D eigenvalue weighted by Gasteiger charge is 2.16. The molecule has 0 aliphatic rings. The van der Waals surface area contributed by atoms with Gasteiger partial charge in [-0.2, -0.15) is 0 Å². The van der Waals surface area contributed by atoms with Crippen LogP contribution in [0.5, 0.6) is 0 Å². The molecule has 2 aromatic heterocycles. The molecule has 0 aliphatic carbocycles. The van der Waals surface area contributed by atoms with E-state index in [1.165, 1.54) is 0 Å². The number of aromatic amines is 1. The van der Waals surface area contributed by atoms with E-state index in [2.05, 4.69) is 10.2 Å². The minimum absolute atomic E-state index is 0.125. The molecule has 2 heterocycles. The van der Waals surface area contributed by atoms with Gasteiger partial charge in [-0.25, -0.2) is 4.79 Å². The summed E-state index contributed by atoms with van der Waals surface area (Å²) in [5, 5.41) is 18.0. The smallest absolute Gasteiger partial charge is 0.350 e. The van der Waals surface area contributed by atoms with Crippen LogP contribution >= 0.6 is 0 Å². The highest BCUT2D eigenvalue weighted by molar-refractivity contribution is 5.20. The van der Waals surface area contributed by atoms with Crippen LogP contribution in [0, 0.1) is 10.1 Å². The van der Waals surface area contributed by atoms with Crippen LogP contribution in [0.25, 0.3) is 0 Å². The number of nitro groups is 1. The van der Waals surface area contributed by atoms with E-state index in [0.29, 0.717) is 12.3 Å². The van der Waals surface area contributed by atoms with Crippen molar-refractivity contribution in [2.24, 2.45) is 0 Å². The van der Waals surface area contributed by atoms with E-state index < -0.39 is 21.9 Å². The van der Waals surface area contributed by atoms with Crippen molar-refractivity contribution in [3.63, 3.8) is 0 Å². The number of nitrogens with one attached hydrogen (secondary N) is 1. The van der Waals surface area contributed by atoms with Crippen LogP contribution in [0.4, 0.5) is 5.69 Å². The highest BCUT2D eigenvalue weighted by atomic mass is 16.6. The molecule has 10 nitrogen and oxygen atoms in total. The fourth-order valence-corrected chi connectivity index (χ4v) is 1.39. The molecule has 0 amide bonds. The van der Waals surface area contributed by atoms with Crippen molar-refractivity contribution >= 4 is 5.69 Å². The first-order valence-electron chi connectivity index (χ1n) is 5.30. The van der Waals surface area contributed by atoms with Crippen molar-refractivity contribution in [2.45, 2.75) is 19.9 Å². The Morgan fingerprint density at radius 3 is 2.68 bits per heavy atom. The van der Waals surface area contributed by atoms with Gasteiger partial charge < -0.3 is 4.42 Å². The SMILES string of the molecule is CCc1nnc(Cn2cc([N+](=O)[O-])c(=O)[nH]c2=O)o1. The first-order chi connectivity index (χ1) is 9.01. The maximum atomic E-state index is 11.5. The number of aryl methyl sites for hydroxylation is 1. The molecule has 0 atom stereocenters. The Hall–Kier alpha value is -2.78. The molecule has 100 valence electrons. The molecule has 0 radical (unpaired) electrons. The third-order valence-electron chi connectivity index (χ3n) is 2.31. The first kappa shape index (κ1) is 12.7. The summed E-state index contributed by atoms with van der Waals surface area (Å²) in [4.78, 5) is 34.2. The predicted molar refractivity (Wildman–Crippen MR) is 60.8 cm³/mol. The monoisotopic (exact) mass is 267 g/mol. The Kier molecular flexibility index (Phi) is 3.23. The lowest BCUT2D eigenvalue weighted by Crippen LogP contribution is -2.31. The molecule has 2 rings (SSSR count). The summed E-state index contributed by atoms with van der Waals surface area (Å²) < 4.78 is 6.10. The van der Waals surface area contributed by atoms with Crippen molar-refractivity contribution in [1.29, 1.82) is 0 Å². The van der Waals surface area contributed by atoms with Crippen LogP contribution in [0.3, 0.4) is 0 Å². The molecule has 0 saturated carbocycles. The van der Waals surface area contributed by atoms with Crippen LogP contribution in [0.15, 0.2) is 20.2 Å². The maximum Gasteiger partial charge on any atom is 0.350 e. The van der Waals surface area contributed by atoms with Crippen molar-refractivity contribution < 1.29 is 9.34 Å². The van der Waals surface area contributed by atoms with Crippen molar-refractivity contribution in [3.8, 4) is 0 Å². The zero-order chi connectivity index (χ0) is 14.0. The van der Waals surface area contributed by atoms with E-state index in [4.69, 9.17) is 4.42 Å². The summed E-state index contributed by atoms with van der Waals surface area (Å²) in [5.41, 5.74) is -2.56. The molecule has 0 spiro atoms. The average Bonchev–Trinajstić information content (AvgIpc) is 2.80. The minimum Gasteiger partial charge on any atom is -0.423 e. The number of H-pyrrole nitrogens is 1. The zero-order valence-electron chi connectivity index (χ0n) is 9.82. The Balaban J connectivity index is 2.39. The molecule has 0 bridgehead atoms. The van der Waals surface area contributed by atoms with Crippen LogP contribution in [-0.2, 0) is 13.0 Å². The summed E-state index contributed by atoms with van der Waals surface area (Å²) in [6.07, 6.45) is 1.38. The van der Waals surface area contributed by atoms with Gasteiger partial charge in [0.15, 0.2) is 0 Å². The Bertz CT molecular complexity index is 727. The van der Waals surface area contributed by atoms with E-state index in [1.807, 2.05) is 11.9 Å². The molecule has 2 aromatic rings. The molecule has 10 heteroatoms. The van der Waals surface area contributed by atoms with Crippen LogP contribution in [-0.4, -0.2) is 24.7 Å². The predicted octanol–water partition coefficient (Wildman–Crippen LogP) is -0.562. The van der Waals surface area contributed by atoms with E-state index in [1.54, 1.807) is 0 Å². The van der Waals surface area contributed by atoms with Crippen LogP contribution in [0.1, 0.15) is 18.7 Å². The lowest BCUT2D eigenvalue weighted by Gasteiger charge is -2.00. The van der Waals surface area contributed by atoms with E-state index in [-0.39, 0.29) is 12.4 Å². The molecule has 0 unspecified atom stereocenters. The fourth-order valence-electron chi connectivity index (χ4n) is 1.39. The highest BCUT2D eigenvalue weighted by Crippen LogP contribution is 2.04. The topological polar surface area (TPSA) is 137 Å². The van der Waals surface area contributed by atoms with E-state index >= 15 is 0 Å². The summed E-state index contributed by atoms with van der Waals surface area (Å²) in [6.45, 7) is 1.66. The Morgan fingerprint density at radius 1 is 1.42 bits per heavy atom. The maximum absolute atomic E-state index is 11.5. The van der Waals surface area contributed by atoms with Gasteiger partial charge in [0.05, 0.1) is 11.1 Å². The number of nitrogens with zero attached hydrogens (tertiary/aromatic N) is 4. The summed E-state index contributed by atoms with van der Waals surface area (Å²) in [5.74, 6) is 0.516. The van der Waals surface area contributed by atoms with Crippen molar-refractivity contribution in [2.75, 3.05) is 0 Å². The van der Waals surface area contributed by atoms with Crippen molar-refractivity contribution in [1.82, 2.24) is 19.7 Å². The van der Waals surface area contributed by atoms with Gasteiger partial charge in [-0.05, 0) is 0 Å². The second-order valence-electron chi connectivity index (χ2n) is 3.60. The zero-order valence-corrected chi connectivity index (χ0v) is 9.82. The van der Waals surface area contributed by atoms with Gasteiger partial charge in [-0.15, -0.1) is 10.2 Å². The second-order valence-corrected chi connectivity index (χ2v) is 3.60. The summed E-state index contributed by atoms with van der Waals surface area (Å²) in [6, 6.07) is 0. The molecular weight excluding hydrogens is 258 g/mol. The van der Waals surface area contributed by atoms with Gasteiger partial charge in [-0.1, -0.05) is 6.92 Å². The average molecular weight is 267 g/mol. The minimum atomic E-state index is -1.05. The van der Waals surface area contributed by atoms with Crippen LogP contribution < -0.4 is 11.2 Å².